The van der Waals surface area contributed by atoms with Crippen LogP contribution in [0.2, 0.25) is 0 Å². The number of benzene rings is 2. The number of carbonyl (C=O) groups excluding carboxylic acids is 3. The fourth-order valence-corrected chi connectivity index (χ4v) is 8.52. The highest BCUT2D eigenvalue weighted by Gasteiger charge is 2.62. The molecule has 15 heteroatoms. The molecule has 0 spiro atoms. The van der Waals surface area contributed by atoms with E-state index in [0.29, 0.717) is 17.1 Å². The number of ether oxygens (including phenoxy) is 4. The number of esters is 3. The second kappa shape index (κ2) is 19.4. The summed E-state index contributed by atoms with van der Waals surface area (Å²) >= 11 is 17.6. The maximum Gasteiger partial charge on any atom is 0.320 e. The van der Waals surface area contributed by atoms with E-state index in [1.807, 2.05) is 50.2 Å². The van der Waals surface area contributed by atoms with Crippen molar-refractivity contribution in [2.45, 2.75) is 45.5 Å². The smallest absolute Gasteiger partial charge is 0.320 e. The Morgan fingerprint density at radius 2 is 1.64 bits per heavy atom. The second-order valence-corrected chi connectivity index (χ2v) is 18.0. The summed E-state index contributed by atoms with van der Waals surface area (Å²) in [6, 6.07) is 18.3. The molecule has 1 aliphatic rings. The van der Waals surface area contributed by atoms with Crippen molar-refractivity contribution in [3.05, 3.63) is 70.7 Å². The van der Waals surface area contributed by atoms with E-state index >= 15 is 0 Å². The minimum Gasteiger partial charge on any atom is -0.466 e. The van der Waals surface area contributed by atoms with Gasteiger partial charge >= 0.3 is 17.9 Å². The van der Waals surface area contributed by atoms with E-state index in [4.69, 9.17) is 63.0 Å². The maximum atomic E-state index is 12.6. The van der Waals surface area contributed by atoms with E-state index in [0.717, 1.165) is 11.4 Å². The number of allylic oxidation sites excluding steroid dienone is 1. The third kappa shape index (κ3) is 12.7. The largest absolute Gasteiger partial charge is 0.466 e. The van der Waals surface area contributed by atoms with Crippen LogP contribution in [-0.2, 0) is 49.4 Å². The SMILES string of the molecule is CC1(C)C(C=C(Cl)Cl)C1C(=O)O[C@H](C#N)c1cccc(Oc2ccccc2)c1.CCOC(=O)CC(SP(=S)(OC)OC)C(=O)OCC. The van der Waals surface area contributed by atoms with Gasteiger partial charge in [-0.2, -0.15) is 5.26 Å². The summed E-state index contributed by atoms with van der Waals surface area (Å²) in [5, 5.41) is 8.74. The molecule has 3 unspecified atom stereocenters. The van der Waals surface area contributed by atoms with E-state index in [9.17, 15) is 19.6 Å². The molecule has 10 nitrogen and oxygen atoms in total. The van der Waals surface area contributed by atoms with Gasteiger partial charge in [0.15, 0.2) is 0 Å². The zero-order chi connectivity index (χ0) is 35.2. The normalized spacial score (nSPS) is 17.3. The van der Waals surface area contributed by atoms with Crippen LogP contribution >= 0.6 is 40.3 Å². The van der Waals surface area contributed by atoms with E-state index < -0.39 is 35.0 Å². The summed E-state index contributed by atoms with van der Waals surface area (Å²) < 4.78 is 31.3. The average molecular weight is 747 g/mol. The van der Waals surface area contributed by atoms with Crippen LogP contribution in [0.4, 0.5) is 0 Å². The lowest BCUT2D eigenvalue weighted by Crippen LogP contribution is -2.24. The van der Waals surface area contributed by atoms with Crippen LogP contribution in [0.25, 0.3) is 0 Å². The lowest BCUT2D eigenvalue weighted by Gasteiger charge is -2.21. The van der Waals surface area contributed by atoms with E-state index in [2.05, 4.69) is 0 Å². The number of para-hydroxylation sites is 1. The number of carbonyl (C=O) groups is 3. The molecule has 3 rings (SSSR count). The lowest BCUT2D eigenvalue weighted by atomic mass is 10.1. The fourth-order valence-electron chi connectivity index (χ4n) is 4.39. The molecule has 0 aromatic heterocycles. The Balaban J connectivity index is 0.000000355. The monoisotopic (exact) mass is 745 g/mol. The van der Waals surface area contributed by atoms with Crippen molar-refractivity contribution >= 4 is 70.0 Å². The molecule has 0 amide bonds. The van der Waals surface area contributed by atoms with Crippen LogP contribution in [0.5, 0.6) is 11.5 Å². The van der Waals surface area contributed by atoms with Crippen LogP contribution < -0.4 is 4.74 Å². The number of halogens is 2. The zero-order valence-electron chi connectivity index (χ0n) is 26.8. The van der Waals surface area contributed by atoms with E-state index in [1.165, 1.54) is 14.2 Å². The number of nitriles is 1. The number of hydrogen-bond donors (Lipinski definition) is 0. The van der Waals surface area contributed by atoms with Gasteiger partial charge in [-0.05, 0) is 67.3 Å². The van der Waals surface area contributed by atoms with Gasteiger partial charge in [-0.1, -0.05) is 78.8 Å². The first-order chi connectivity index (χ1) is 22.2. The minimum absolute atomic E-state index is 0.114. The molecule has 47 heavy (non-hydrogen) atoms. The van der Waals surface area contributed by atoms with Crippen LogP contribution in [0.3, 0.4) is 0 Å². The van der Waals surface area contributed by atoms with Gasteiger partial charge in [0.05, 0.1) is 25.6 Å². The first-order valence-corrected chi connectivity index (χ1v) is 19.3. The molecule has 256 valence electrons. The van der Waals surface area contributed by atoms with Crippen molar-refractivity contribution in [2.24, 2.45) is 17.3 Å². The van der Waals surface area contributed by atoms with Crippen molar-refractivity contribution in [2.75, 3.05) is 27.4 Å². The Hall–Kier alpha value is -2.62. The van der Waals surface area contributed by atoms with Gasteiger partial charge < -0.3 is 28.0 Å². The molecule has 1 saturated carbocycles. The molecule has 0 bridgehead atoms. The average Bonchev–Trinajstić information content (AvgIpc) is 3.58. The van der Waals surface area contributed by atoms with Gasteiger partial charge in [0.1, 0.15) is 27.3 Å². The number of hydrogen-bond acceptors (Lipinski definition) is 12. The molecular formula is C32H38Cl2NO9PS2. The number of rotatable bonds is 15. The first-order valence-electron chi connectivity index (χ1n) is 14.4. The van der Waals surface area contributed by atoms with E-state index in [1.54, 1.807) is 44.2 Å². The standard InChI is InChI=1S/C22H19Cl2NO3.C10H19O6PS2/c1-22(2)17(12-19(23)24)20(22)21(26)28-18(13-25)14-7-6-10-16(11-14)27-15-8-4-3-5-9-15;1-5-15-9(11)7-8(10(12)16-6-2)19-17(18,13-3)14-4/h3-12,17-18,20H,1-2H3;8H,5-7H2,1-4H3/t17?,18-,20?;/m1./s1. The lowest BCUT2D eigenvalue weighted by molar-refractivity contribution is -0.149. The first kappa shape index (κ1) is 40.6. The van der Waals surface area contributed by atoms with Gasteiger partial charge in [0, 0.05) is 19.8 Å². The Morgan fingerprint density at radius 1 is 1.02 bits per heavy atom. The summed E-state index contributed by atoms with van der Waals surface area (Å²) in [7, 11) is 2.81. The third-order valence-electron chi connectivity index (χ3n) is 6.87. The van der Waals surface area contributed by atoms with Gasteiger partial charge in [-0.15, -0.1) is 0 Å². The topological polar surface area (TPSA) is 130 Å². The molecular weight excluding hydrogens is 708 g/mol. The predicted octanol–water partition coefficient (Wildman–Crippen LogP) is 8.30. The van der Waals surface area contributed by atoms with Crippen molar-refractivity contribution in [1.29, 1.82) is 5.26 Å². The molecule has 4 atom stereocenters. The predicted molar refractivity (Wildman–Crippen MR) is 186 cm³/mol. The van der Waals surface area contributed by atoms with Crippen LogP contribution in [0, 0.1) is 28.6 Å². The minimum atomic E-state index is -2.65. The van der Waals surface area contributed by atoms with E-state index in [-0.39, 0.29) is 41.4 Å². The van der Waals surface area contributed by atoms with Crippen molar-refractivity contribution in [3.63, 3.8) is 0 Å². The fraction of sp³-hybridized carbons (Fsp3) is 0.438. The molecule has 0 saturated heterocycles. The maximum absolute atomic E-state index is 12.6. The molecule has 1 aliphatic carbocycles. The molecule has 2 aromatic rings. The van der Waals surface area contributed by atoms with Crippen molar-refractivity contribution in [3.8, 4) is 17.6 Å². The van der Waals surface area contributed by atoms with Crippen molar-refractivity contribution < 1.29 is 42.4 Å². The zero-order valence-corrected chi connectivity index (χ0v) is 30.9. The summed E-state index contributed by atoms with van der Waals surface area (Å²) in [6.45, 7) is 7.73. The molecule has 0 radical (unpaired) electrons. The van der Waals surface area contributed by atoms with Gasteiger partial charge in [-0.3, -0.25) is 14.4 Å². The highest BCUT2D eigenvalue weighted by atomic mass is 35.5. The molecule has 1 fully saturated rings. The van der Waals surface area contributed by atoms with Gasteiger partial charge in [0.25, 0.3) is 0 Å². The van der Waals surface area contributed by atoms with Crippen LogP contribution in [-0.4, -0.2) is 50.6 Å². The molecule has 0 heterocycles. The van der Waals surface area contributed by atoms with Gasteiger partial charge in [0.2, 0.25) is 11.8 Å². The van der Waals surface area contributed by atoms with Crippen molar-refractivity contribution in [1.82, 2.24) is 0 Å². The molecule has 0 aliphatic heterocycles. The Labute approximate surface area is 294 Å². The van der Waals surface area contributed by atoms with Crippen LogP contribution in [0.1, 0.15) is 45.8 Å². The summed E-state index contributed by atoms with van der Waals surface area (Å²) in [5.41, 5.74) is -2.42. The molecule has 2 aromatic carbocycles. The third-order valence-corrected chi connectivity index (χ3v) is 13.0. The van der Waals surface area contributed by atoms with Crippen LogP contribution in [0.15, 0.2) is 65.2 Å². The Bertz CT molecular complexity index is 1470. The highest BCUT2D eigenvalue weighted by molar-refractivity contribution is 8.68. The second-order valence-electron chi connectivity index (χ2n) is 10.4. The summed E-state index contributed by atoms with van der Waals surface area (Å²) in [4.78, 5) is 35.9. The molecule has 0 N–H and O–H groups in total. The van der Waals surface area contributed by atoms with Gasteiger partial charge in [-0.25, -0.2) is 0 Å². The Kier molecular flexibility index (Phi) is 16.7. The summed E-state index contributed by atoms with van der Waals surface area (Å²) in [5.74, 6) is -0.719. The number of nitrogens with zero attached hydrogens (tertiary/aromatic N) is 1. The Morgan fingerprint density at radius 3 is 2.19 bits per heavy atom. The highest BCUT2D eigenvalue weighted by Crippen LogP contribution is 2.62. The quantitative estimate of drug-likeness (QED) is 0.0987. The summed E-state index contributed by atoms with van der Waals surface area (Å²) in [6.07, 6.45) is 0.493.